The lowest BCUT2D eigenvalue weighted by Crippen LogP contribution is -2.52. The third-order valence-corrected chi connectivity index (χ3v) is 8.77. The zero-order valence-corrected chi connectivity index (χ0v) is 17.2. The van der Waals surface area contributed by atoms with Crippen LogP contribution in [0.4, 0.5) is 0 Å². The fourth-order valence-electron chi connectivity index (χ4n) is 7.65. The van der Waals surface area contributed by atoms with E-state index < -0.39 is 0 Å². The monoisotopic (exact) mass is 360 g/mol. The van der Waals surface area contributed by atoms with E-state index in [1.165, 1.54) is 31.3 Å². The molecule has 0 aromatic rings. The highest BCUT2D eigenvalue weighted by Gasteiger charge is 2.60. The fraction of sp³-hybridized carbons (Fsp3) is 0.826. The largest absolute Gasteiger partial charge is 0.400 e. The number of ketones is 2. The summed E-state index contributed by atoms with van der Waals surface area (Å²) in [5.74, 6) is 3.75. The Hall–Kier alpha value is -0.960. The second-order valence-corrected chi connectivity index (χ2v) is 9.78. The maximum Gasteiger partial charge on any atom is 0.155 e. The summed E-state index contributed by atoms with van der Waals surface area (Å²) in [7, 11) is 1.00. The molecule has 3 heteroatoms. The molecule has 3 saturated carbocycles. The van der Waals surface area contributed by atoms with Crippen molar-refractivity contribution in [2.24, 2.45) is 40.4 Å². The molecule has 4 aliphatic rings. The number of aliphatic hydroxyl groups excluding tert-OH is 1. The first-order chi connectivity index (χ1) is 12.3. The summed E-state index contributed by atoms with van der Waals surface area (Å²) in [6.07, 6.45) is 9.80. The van der Waals surface area contributed by atoms with Crippen LogP contribution >= 0.6 is 0 Å². The van der Waals surface area contributed by atoms with Gasteiger partial charge in [0.05, 0.1) is 0 Å². The van der Waals surface area contributed by atoms with Gasteiger partial charge in [-0.25, -0.2) is 0 Å². The second-order valence-electron chi connectivity index (χ2n) is 9.78. The molecule has 0 aromatic carbocycles. The zero-order chi connectivity index (χ0) is 19.3. The number of carbonyl (C=O) groups is 2. The lowest BCUT2D eigenvalue weighted by atomic mass is 9.45. The van der Waals surface area contributed by atoms with Crippen LogP contribution in [-0.4, -0.2) is 23.8 Å². The van der Waals surface area contributed by atoms with Gasteiger partial charge in [-0.1, -0.05) is 26.3 Å². The Bertz CT molecular complexity index is 621. The molecule has 7 atom stereocenters. The smallest absolute Gasteiger partial charge is 0.155 e. The summed E-state index contributed by atoms with van der Waals surface area (Å²) >= 11 is 0. The van der Waals surface area contributed by atoms with Crippen LogP contribution in [0.2, 0.25) is 0 Å². The average molecular weight is 361 g/mol. The molecule has 0 radical (unpaired) electrons. The van der Waals surface area contributed by atoms with Crippen molar-refractivity contribution in [2.45, 2.75) is 72.6 Å². The third kappa shape index (κ3) is 2.73. The molecular weight excluding hydrogens is 324 g/mol. The number of rotatable bonds is 1. The summed E-state index contributed by atoms with van der Waals surface area (Å²) in [6, 6.07) is 0. The lowest BCUT2D eigenvalue weighted by Gasteiger charge is -2.59. The minimum Gasteiger partial charge on any atom is -0.400 e. The predicted molar refractivity (Wildman–Crippen MR) is 104 cm³/mol. The van der Waals surface area contributed by atoms with E-state index in [4.69, 9.17) is 5.11 Å². The number of hydrogen-bond acceptors (Lipinski definition) is 3. The maximum absolute atomic E-state index is 12.2. The third-order valence-electron chi connectivity index (χ3n) is 8.77. The molecule has 146 valence electrons. The van der Waals surface area contributed by atoms with Crippen molar-refractivity contribution in [3.8, 4) is 0 Å². The Kier molecular flexibility index (Phi) is 5.24. The van der Waals surface area contributed by atoms with Crippen molar-refractivity contribution < 1.29 is 14.7 Å². The summed E-state index contributed by atoms with van der Waals surface area (Å²) in [5.41, 5.74) is 1.91. The molecule has 0 saturated heterocycles. The van der Waals surface area contributed by atoms with Gasteiger partial charge >= 0.3 is 0 Å². The van der Waals surface area contributed by atoms with Gasteiger partial charge in [-0.3, -0.25) is 9.59 Å². The van der Waals surface area contributed by atoms with Gasteiger partial charge in [-0.15, -0.1) is 0 Å². The number of Topliss-reactive ketones (excluding diaryl/α,β-unsaturated/α-hetero) is 1. The van der Waals surface area contributed by atoms with Crippen molar-refractivity contribution in [1.82, 2.24) is 0 Å². The molecule has 3 nitrogen and oxygen atoms in total. The molecule has 4 aliphatic carbocycles. The maximum atomic E-state index is 12.2. The molecule has 26 heavy (non-hydrogen) atoms. The standard InChI is InChI=1S/C22H32O2.CH4O/c1-13-11-16-18-6-5-17(14(2)23)21(18,3)10-8-19(16)22(4)9-7-15(24)12-20(13)22;1-2/h12-13,16-19H,5-11H2,1-4H3;2H,1H3/t13-,16?,17?,18?,19-,21?,22+;/m0./s1. The first-order valence-corrected chi connectivity index (χ1v) is 10.5. The van der Waals surface area contributed by atoms with Crippen LogP contribution < -0.4 is 0 Å². The van der Waals surface area contributed by atoms with E-state index >= 15 is 0 Å². The van der Waals surface area contributed by atoms with Crippen molar-refractivity contribution >= 4 is 11.6 Å². The van der Waals surface area contributed by atoms with Crippen LogP contribution in [0.5, 0.6) is 0 Å². The molecule has 0 bridgehead atoms. The van der Waals surface area contributed by atoms with Gasteiger partial charge in [-0.2, -0.15) is 0 Å². The Labute approximate surface area is 158 Å². The number of hydrogen-bond donors (Lipinski definition) is 1. The van der Waals surface area contributed by atoms with E-state index in [0.29, 0.717) is 23.4 Å². The Morgan fingerprint density at radius 1 is 1.12 bits per heavy atom. The summed E-state index contributed by atoms with van der Waals surface area (Å²) < 4.78 is 0. The van der Waals surface area contributed by atoms with Crippen LogP contribution in [0, 0.1) is 40.4 Å². The van der Waals surface area contributed by atoms with E-state index in [1.54, 1.807) is 0 Å². The van der Waals surface area contributed by atoms with E-state index in [0.717, 1.165) is 38.2 Å². The average Bonchev–Trinajstić information content (AvgIpc) is 2.96. The molecule has 0 aliphatic heterocycles. The Morgan fingerprint density at radius 2 is 1.81 bits per heavy atom. The van der Waals surface area contributed by atoms with Crippen molar-refractivity contribution in [1.29, 1.82) is 0 Å². The van der Waals surface area contributed by atoms with Crippen LogP contribution in [-0.2, 0) is 9.59 Å². The van der Waals surface area contributed by atoms with Gasteiger partial charge in [0.1, 0.15) is 5.78 Å². The normalized spacial score (nSPS) is 46.9. The Morgan fingerprint density at radius 3 is 2.46 bits per heavy atom. The van der Waals surface area contributed by atoms with Crippen LogP contribution in [0.25, 0.3) is 0 Å². The molecule has 0 spiro atoms. The summed E-state index contributed by atoms with van der Waals surface area (Å²) in [6.45, 7) is 9.00. The zero-order valence-electron chi connectivity index (χ0n) is 17.2. The fourth-order valence-corrected chi connectivity index (χ4v) is 7.65. The first kappa shape index (κ1) is 19.8. The van der Waals surface area contributed by atoms with Crippen LogP contribution in [0.15, 0.2) is 11.6 Å². The molecule has 0 heterocycles. The minimum atomic E-state index is 0.228. The van der Waals surface area contributed by atoms with Crippen LogP contribution in [0.1, 0.15) is 72.6 Å². The topological polar surface area (TPSA) is 54.4 Å². The van der Waals surface area contributed by atoms with E-state index in [2.05, 4.69) is 20.8 Å². The Balaban J connectivity index is 0.000000948. The van der Waals surface area contributed by atoms with Crippen molar-refractivity contribution in [3.63, 3.8) is 0 Å². The van der Waals surface area contributed by atoms with Gasteiger partial charge in [0.2, 0.25) is 0 Å². The first-order valence-electron chi connectivity index (χ1n) is 10.5. The highest BCUT2D eigenvalue weighted by atomic mass is 16.2. The quantitative estimate of drug-likeness (QED) is 0.745. The SMILES string of the molecule is CC(=O)C1CCC2C3C[C@H](C)C4=CC(=O)CC[C@]4(C)[C@H]3CCC12C.CO. The molecular formula is C23H36O3. The predicted octanol–water partition coefficient (Wildman–Crippen LogP) is 4.58. The summed E-state index contributed by atoms with van der Waals surface area (Å²) in [4.78, 5) is 24.2. The molecule has 0 amide bonds. The highest BCUT2D eigenvalue weighted by Crippen LogP contribution is 2.67. The van der Waals surface area contributed by atoms with E-state index in [1.807, 2.05) is 13.0 Å². The lowest BCUT2D eigenvalue weighted by molar-refractivity contribution is -0.129. The van der Waals surface area contributed by atoms with Gasteiger partial charge in [0, 0.05) is 19.4 Å². The molecule has 1 N–H and O–H groups in total. The van der Waals surface area contributed by atoms with Gasteiger partial charge in [0.25, 0.3) is 0 Å². The number of carbonyl (C=O) groups excluding carboxylic acids is 2. The highest BCUT2D eigenvalue weighted by molar-refractivity contribution is 5.91. The van der Waals surface area contributed by atoms with Gasteiger partial charge in [0.15, 0.2) is 5.78 Å². The van der Waals surface area contributed by atoms with Crippen LogP contribution in [0.3, 0.4) is 0 Å². The number of fused-ring (bicyclic) bond motifs is 5. The van der Waals surface area contributed by atoms with E-state index in [9.17, 15) is 9.59 Å². The minimum absolute atomic E-state index is 0.228. The second kappa shape index (κ2) is 6.89. The number of aliphatic hydroxyl groups is 1. The number of allylic oxidation sites excluding steroid dienone is 1. The molecule has 4 unspecified atom stereocenters. The summed E-state index contributed by atoms with van der Waals surface area (Å²) in [5, 5.41) is 7.00. The van der Waals surface area contributed by atoms with Crippen molar-refractivity contribution in [2.75, 3.05) is 7.11 Å². The molecule has 4 rings (SSSR count). The molecule has 3 fully saturated rings. The molecule has 0 aromatic heterocycles. The van der Waals surface area contributed by atoms with E-state index in [-0.39, 0.29) is 16.7 Å². The van der Waals surface area contributed by atoms with Gasteiger partial charge in [-0.05, 0) is 86.0 Å². The van der Waals surface area contributed by atoms with Gasteiger partial charge < -0.3 is 5.11 Å². The van der Waals surface area contributed by atoms with Crippen molar-refractivity contribution in [3.05, 3.63) is 11.6 Å².